The summed E-state index contributed by atoms with van der Waals surface area (Å²) < 4.78 is 31.5. The van der Waals surface area contributed by atoms with E-state index in [4.69, 9.17) is 4.74 Å². The zero-order chi connectivity index (χ0) is 22.7. The highest BCUT2D eigenvalue weighted by atomic mass is 32.2. The zero-order valence-corrected chi connectivity index (χ0v) is 19.5. The third-order valence-electron chi connectivity index (χ3n) is 5.19. The Morgan fingerprint density at radius 1 is 1.06 bits per heavy atom. The summed E-state index contributed by atoms with van der Waals surface area (Å²) in [5.74, 6) is 0.744. The van der Waals surface area contributed by atoms with Gasteiger partial charge in [0.15, 0.2) is 0 Å². The second-order valence-corrected chi connectivity index (χ2v) is 9.67. The van der Waals surface area contributed by atoms with Gasteiger partial charge in [0, 0.05) is 6.54 Å². The molecule has 1 unspecified atom stereocenters. The molecule has 1 N–H and O–H groups in total. The number of ether oxygens (including phenoxy) is 1. The van der Waals surface area contributed by atoms with Gasteiger partial charge in [-0.05, 0) is 42.2 Å². The molecular formula is C24H34N2O4S. The van der Waals surface area contributed by atoms with Gasteiger partial charge >= 0.3 is 0 Å². The second kappa shape index (κ2) is 12.3. The summed E-state index contributed by atoms with van der Waals surface area (Å²) in [4.78, 5) is 12.5. The number of sulfonamides is 1. The van der Waals surface area contributed by atoms with Gasteiger partial charge in [0.25, 0.3) is 0 Å². The van der Waals surface area contributed by atoms with Crippen molar-refractivity contribution in [2.24, 2.45) is 5.92 Å². The Balaban J connectivity index is 1.97. The van der Waals surface area contributed by atoms with E-state index in [1.807, 2.05) is 30.3 Å². The summed E-state index contributed by atoms with van der Waals surface area (Å²) in [7, 11) is -3.61. The quantitative estimate of drug-likeness (QED) is 0.496. The first-order chi connectivity index (χ1) is 14.8. The number of benzene rings is 2. The van der Waals surface area contributed by atoms with Crippen LogP contribution >= 0.6 is 0 Å². The number of unbranched alkanes of at least 4 members (excludes halogenated alkanes) is 1. The van der Waals surface area contributed by atoms with Crippen molar-refractivity contribution < 1.29 is 17.9 Å². The molecule has 6 nitrogen and oxygen atoms in total. The third kappa shape index (κ3) is 8.61. The minimum absolute atomic E-state index is 0.243. The molecule has 0 aliphatic carbocycles. The fourth-order valence-electron chi connectivity index (χ4n) is 3.24. The van der Waals surface area contributed by atoms with Crippen molar-refractivity contribution in [2.45, 2.75) is 46.1 Å². The van der Waals surface area contributed by atoms with Crippen LogP contribution in [-0.4, -0.2) is 33.7 Å². The predicted molar refractivity (Wildman–Crippen MR) is 126 cm³/mol. The van der Waals surface area contributed by atoms with Crippen molar-refractivity contribution >= 4 is 21.6 Å². The SMILES string of the molecule is CCCCC(CC)CNC(=O)CN(c1ccc(OCc2ccccc2)cc1)S(C)(=O)=O. The van der Waals surface area contributed by atoms with Crippen LogP contribution in [0.4, 0.5) is 5.69 Å². The summed E-state index contributed by atoms with van der Waals surface area (Å²) in [5.41, 5.74) is 1.48. The van der Waals surface area contributed by atoms with Gasteiger partial charge in [-0.25, -0.2) is 8.42 Å². The van der Waals surface area contributed by atoms with E-state index in [2.05, 4.69) is 19.2 Å². The summed E-state index contributed by atoms with van der Waals surface area (Å²) >= 11 is 0. The molecule has 0 aliphatic heterocycles. The largest absolute Gasteiger partial charge is 0.489 e. The molecule has 7 heteroatoms. The lowest BCUT2D eigenvalue weighted by atomic mass is 9.99. The predicted octanol–water partition coefficient (Wildman–Crippen LogP) is 4.36. The van der Waals surface area contributed by atoms with Crippen molar-refractivity contribution in [3.05, 3.63) is 60.2 Å². The number of carbonyl (C=O) groups excluding carboxylic acids is 1. The standard InChI is InChI=1S/C24H34N2O4S/c1-4-6-10-20(5-2)17-25-24(27)18-26(31(3,28)29)22-13-15-23(16-14-22)30-19-21-11-8-7-9-12-21/h7-9,11-16,20H,4-6,10,17-19H2,1-3H3,(H,25,27). The first-order valence-electron chi connectivity index (χ1n) is 10.8. The molecule has 0 saturated heterocycles. The Bertz CT molecular complexity index is 899. The molecule has 0 saturated carbocycles. The number of hydrogen-bond donors (Lipinski definition) is 1. The average molecular weight is 447 g/mol. The molecule has 0 aromatic heterocycles. The number of rotatable bonds is 13. The Hall–Kier alpha value is -2.54. The van der Waals surface area contributed by atoms with Crippen molar-refractivity contribution in [1.82, 2.24) is 5.32 Å². The molecule has 1 amide bonds. The second-order valence-electron chi connectivity index (χ2n) is 7.76. The molecular weight excluding hydrogens is 412 g/mol. The zero-order valence-electron chi connectivity index (χ0n) is 18.7. The molecule has 2 aromatic carbocycles. The first kappa shape index (κ1) is 24.7. The van der Waals surface area contributed by atoms with E-state index in [0.29, 0.717) is 30.5 Å². The summed E-state index contributed by atoms with van der Waals surface area (Å²) in [6.07, 6.45) is 5.41. The van der Waals surface area contributed by atoms with Crippen LogP contribution in [0, 0.1) is 5.92 Å². The van der Waals surface area contributed by atoms with Gasteiger partial charge in [-0.3, -0.25) is 9.10 Å². The van der Waals surface area contributed by atoms with Crippen LogP contribution in [-0.2, 0) is 21.4 Å². The van der Waals surface area contributed by atoms with E-state index in [1.165, 1.54) is 0 Å². The van der Waals surface area contributed by atoms with Crippen molar-refractivity contribution in [2.75, 3.05) is 23.7 Å². The van der Waals surface area contributed by atoms with E-state index in [-0.39, 0.29) is 12.5 Å². The van der Waals surface area contributed by atoms with E-state index in [9.17, 15) is 13.2 Å². The number of amides is 1. The van der Waals surface area contributed by atoms with Gasteiger partial charge in [0.05, 0.1) is 11.9 Å². The Morgan fingerprint density at radius 2 is 1.74 bits per heavy atom. The molecule has 170 valence electrons. The Morgan fingerprint density at radius 3 is 2.32 bits per heavy atom. The fourth-order valence-corrected chi connectivity index (χ4v) is 4.09. The van der Waals surface area contributed by atoms with Crippen LogP contribution in [0.15, 0.2) is 54.6 Å². The third-order valence-corrected chi connectivity index (χ3v) is 6.33. The van der Waals surface area contributed by atoms with Crippen molar-refractivity contribution in [3.8, 4) is 5.75 Å². The molecule has 0 radical (unpaired) electrons. The van der Waals surface area contributed by atoms with Crippen LogP contribution in [0.1, 0.15) is 45.1 Å². The maximum absolute atomic E-state index is 12.5. The van der Waals surface area contributed by atoms with E-state index >= 15 is 0 Å². The van der Waals surface area contributed by atoms with Gasteiger partial charge in [-0.2, -0.15) is 0 Å². The maximum Gasteiger partial charge on any atom is 0.240 e. The smallest absolute Gasteiger partial charge is 0.240 e. The number of carbonyl (C=O) groups is 1. The van der Waals surface area contributed by atoms with E-state index in [0.717, 1.165) is 41.8 Å². The van der Waals surface area contributed by atoms with Crippen LogP contribution in [0.2, 0.25) is 0 Å². The van der Waals surface area contributed by atoms with E-state index < -0.39 is 10.0 Å². The summed E-state index contributed by atoms with van der Waals surface area (Å²) in [6, 6.07) is 16.5. The molecule has 0 bridgehead atoms. The maximum atomic E-state index is 12.5. The number of anilines is 1. The van der Waals surface area contributed by atoms with Crippen LogP contribution in [0.25, 0.3) is 0 Å². The molecule has 2 aromatic rings. The molecule has 0 spiro atoms. The highest BCUT2D eigenvalue weighted by Gasteiger charge is 2.21. The van der Waals surface area contributed by atoms with Gasteiger partial charge in [0.1, 0.15) is 18.9 Å². The van der Waals surface area contributed by atoms with Crippen LogP contribution in [0.5, 0.6) is 5.75 Å². The van der Waals surface area contributed by atoms with Gasteiger partial charge in [-0.15, -0.1) is 0 Å². The topological polar surface area (TPSA) is 75.7 Å². The van der Waals surface area contributed by atoms with E-state index in [1.54, 1.807) is 24.3 Å². The molecule has 2 rings (SSSR count). The van der Waals surface area contributed by atoms with Crippen LogP contribution < -0.4 is 14.4 Å². The lowest BCUT2D eigenvalue weighted by Crippen LogP contribution is -2.41. The normalized spacial score (nSPS) is 12.2. The first-order valence-corrected chi connectivity index (χ1v) is 12.7. The number of hydrogen-bond acceptors (Lipinski definition) is 4. The van der Waals surface area contributed by atoms with Gasteiger partial charge < -0.3 is 10.1 Å². The Kier molecular flexibility index (Phi) is 9.85. The lowest BCUT2D eigenvalue weighted by Gasteiger charge is -2.23. The van der Waals surface area contributed by atoms with Gasteiger partial charge in [-0.1, -0.05) is 63.4 Å². The summed E-state index contributed by atoms with van der Waals surface area (Å²) in [6.45, 7) is 5.01. The van der Waals surface area contributed by atoms with Gasteiger partial charge in [0.2, 0.25) is 15.9 Å². The molecule has 0 aliphatic rings. The molecule has 1 atom stereocenters. The molecule has 0 heterocycles. The minimum Gasteiger partial charge on any atom is -0.489 e. The lowest BCUT2D eigenvalue weighted by molar-refractivity contribution is -0.119. The highest BCUT2D eigenvalue weighted by Crippen LogP contribution is 2.22. The summed E-state index contributed by atoms with van der Waals surface area (Å²) in [5, 5.41) is 2.90. The number of nitrogens with zero attached hydrogens (tertiary/aromatic N) is 1. The monoisotopic (exact) mass is 446 g/mol. The number of nitrogens with one attached hydrogen (secondary N) is 1. The highest BCUT2D eigenvalue weighted by molar-refractivity contribution is 7.92. The van der Waals surface area contributed by atoms with Crippen molar-refractivity contribution in [3.63, 3.8) is 0 Å². The molecule has 31 heavy (non-hydrogen) atoms. The van der Waals surface area contributed by atoms with Crippen LogP contribution in [0.3, 0.4) is 0 Å². The van der Waals surface area contributed by atoms with Crippen molar-refractivity contribution in [1.29, 1.82) is 0 Å². The Labute approximate surface area is 186 Å². The average Bonchev–Trinajstić information content (AvgIpc) is 2.76. The minimum atomic E-state index is -3.61. The molecule has 0 fully saturated rings. The fraction of sp³-hybridized carbons (Fsp3) is 0.458.